The van der Waals surface area contributed by atoms with Crippen LogP contribution in [0.4, 0.5) is 0 Å². The molecule has 2 aliphatic rings. The molecule has 6 nitrogen and oxygen atoms in total. The molecule has 0 spiro atoms. The molecule has 1 aromatic carbocycles. The fourth-order valence-electron chi connectivity index (χ4n) is 3.85. The van der Waals surface area contributed by atoms with Gasteiger partial charge < -0.3 is 9.47 Å². The minimum atomic E-state index is -0.179. The van der Waals surface area contributed by atoms with Crippen molar-refractivity contribution in [2.75, 3.05) is 19.6 Å². The number of benzene rings is 1. The highest BCUT2D eigenvalue weighted by atomic mass is 16.2. The molecular formula is C20H21N5O. The second-order valence-corrected chi connectivity index (χ2v) is 7.15. The number of imidazole rings is 1. The summed E-state index contributed by atoms with van der Waals surface area (Å²) in [5, 5.41) is 1.15. The number of amides is 1. The zero-order valence-electron chi connectivity index (χ0n) is 14.6. The predicted molar refractivity (Wildman–Crippen MR) is 98.3 cm³/mol. The molecule has 0 N–H and O–H groups in total. The maximum absolute atomic E-state index is 12.8. The normalized spacial score (nSPS) is 20.0. The minimum Gasteiger partial charge on any atom is -0.341 e. The van der Waals surface area contributed by atoms with E-state index in [0.29, 0.717) is 6.54 Å². The van der Waals surface area contributed by atoms with Crippen molar-refractivity contribution >= 4 is 16.8 Å². The summed E-state index contributed by atoms with van der Waals surface area (Å²) in [5.74, 6) is 0.215. The van der Waals surface area contributed by atoms with Crippen LogP contribution < -0.4 is 0 Å². The maximum Gasteiger partial charge on any atom is 0.247 e. The van der Waals surface area contributed by atoms with E-state index in [1.165, 1.54) is 0 Å². The van der Waals surface area contributed by atoms with Crippen molar-refractivity contribution in [1.82, 2.24) is 24.3 Å². The van der Waals surface area contributed by atoms with Gasteiger partial charge in [-0.15, -0.1) is 0 Å². The fraction of sp³-hybridized carbons (Fsp3) is 0.350. The van der Waals surface area contributed by atoms with Gasteiger partial charge in [-0.05, 0) is 18.6 Å². The van der Waals surface area contributed by atoms with E-state index in [-0.39, 0.29) is 11.9 Å². The van der Waals surface area contributed by atoms with E-state index in [4.69, 9.17) is 4.98 Å². The molecular weight excluding hydrogens is 326 g/mol. The molecule has 0 saturated carbocycles. The number of rotatable bonds is 3. The zero-order chi connectivity index (χ0) is 17.5. The minimum absolute atomic E-state index is 0.179. The molecule has 1 saturated heterocycles. The summed E-state index contributed by atoms with van der Waals surface area (Å²) in [6.07, 6.45) is 4.78. The van der Waals surface area contributed by atoms with Gasteiger partial charge in [-0.3, -0.25) is 14.7 Å². The lowest BCUT2D eigenvalue weighted by Gasteiger charge is -2.39. The smallest absolute Gasteiger partial charge is 0.247 e. The Balaban J connectivity index is 1.39. The molecule has 1 atom stereocenters. The van der Waals surface area contributed by atoms with Gasteiger partial charge in [0, 0.05) is 44.3 Å². The summed E-state index contributed by atoms with van der Waals surface area (Å²) in [4.78, 5) is 26.2. The van der Waals surface area contributed by atoms with Crippen LogP contribution in [0.5, 0.6) is 0 Å². The van der Waals surface area contributed by atoms with Gasteiger partial charge in [0.25, 0.3) is 0 Å². The van der Waals surface area contributed by atoms with Crippen molar-refractivity contribution in [2.45, 2.75) is 25.6 Å². The lowest BCUT2D eigenvalue weighted by molar-refractivity contribution is -0.139. The van der Waals surface area contributed by atoms with Crippen molar-refractivity contribution in [1.29, 1.82) is 0 Å². The van der Waals surface area contributed by atoms with Crippen LogP contribution in [0.3, 0.4) is 0 Å². The van der Waals surface area contributed by atoms with Crippen molar-refractivity contribution in [3.63, 3.8) is 0 Å². The van der Waals surface area contributed by atoms with Gasteiger partial charge in [0.1, 0.15) is 6.04 Å². The molecule has 0 radical (unpaired) electrons. The van der Waals surface area contributed by atoms with E-state index in [1.807, 2.05) is 33.9 Å². The van der Waals surface area contributed by atoms with Crippen molar-refractivity contribution in [3.8, 4) is 0 Å². The Morgan fingerprint density at radius 3 is 2.88 bits per heavy atom. The second kappa shape index (κ2) is 6.21. The fourth-order valence-corrected chi connectivity index (χ4v) is 3.85. The summed E-state index contributed by atoms with van der Waals surface area (Å²) in [6.45, 7) is 3.99. The number of nitrogens with zero attached hydrogens (tertiary/aromatic N) is 5. The molecule has 1 amide bonds. The Morgan fingerprint density at radius 1 is 1.15 bits per heavy atom. The molecule has 26 heavy (non-hydrogen) atoms. The maximum atomic E-state index is 12.8. The molecule has 5 rings (SSSR count). The molecule has 1 fully saturated rings. The first-order valence-corrected chi connectivity index (χ1v) is 9.14. The van der Waals surface area contributed by atoms with Crippen molar-refractivity contribution in [2.24, 2.45) is 0 Å². The van der Waals surface area contributed by atoms with Gasteiger partial charge in [-0.2, -0.15) is 0 Å². The van der Waals surface area contributed by atoms with Crippen molar-refractivity contribution < 1.29 is 4.79 Å². The molecule has 6 heteroatoms. The Bertz CT molecular complexity index is 961. The van der Waals surface area contributed by atoms with E-state index >= 15 is 0 Å². The standard InChI is InChI=1S/C20H21N5O/c26-20(24-8-3-9-24)19-13-23(12-17-10-21-14-25(17)19)11-16-7-6-15-4-1-2-5-18(15)22-16/h1-2,4-7,10,14,19H,3,8-9,11-13H2. The molecule has 1 unspecified atom stereocenters. The lowest BCUT2D eigenvalue weighted by atomic mass is 10.1. The van der Waals surface area contributed by atoms with Gasteiger partial charge in [-0.25, -0.2) is 4.98 Å². The van der Waals surface area contributed by atoms with Crippen LogP contribution in [0, 0.1) is 0 Å². The number of para-hydroxylation sites is 1. The highest BCUT2D eigenvalue weighted by Gasteiger charge is 2.34. The van der Waals surface area contributed by atoms with Crippen LogP contribution in [-0.2, 0) is 17.9 Å². The molecule has 2 aliphatic heterocycles. The third-order valence-corrected chi connectivity index (χ3v) is 5.39. The Hall–Kier alpha value is -2.73. The number of hydrogen-bond acceptors (Lipinski definition) is 4. The number of aromatic nitrogens is 3. The van der Waals surface area contributed by atoms with E-state index in [0.717, 1.165) is 54.9 Å². The van der Waals surface area contributed by atoms with Crippen LogP contribution in [-0.4, -0.2) is 49.9 Å². The molecule has 4 heterocycles. The second-order valence-electron chi connectivity index (χ2n) is 7.15. The third-order valence-electron chi connectivity index (χ3n) is 5.39. The first-order valence-electron chi connectivity index (χ1n) is 9.14. The molecule has 3 aromatic rings. The van der Waals surface area contributed by atoms with Gasteiger partial charge in [0.15, 0.2) is 0 Å². The Kier molecular flexibility index (Phi) is 3.71. The lowest BCUT2D eigenvalue weighted by Crippen LogP contribution is -2.50. The number of pyridine rings is 1. The summed E-state index contributed by atoms with van der Waals surface area (Å²) in [6, 6.07) is 12.2. The van der Waals surface area contributed by atoms with Crippen LogP contribution >= 0.6 is 0 Å². The average Bonchev–Trinajstić information content (AvgIpc) is 3.08. The van der Waals surface area contributed by atoms with Crippen molar-refractivity contribution in [3.05, 3.63) is 60.3 Å². The number of fused-ring (bicyclic) bond motifs is 2. The zero-order valence-corrected chi connectivity index (χ0v) is 14.6. The van der Waals surface area contributed by atoms with Crippen LogP contribution in [0.25, 0.3) is 10.9 Å². The number of carbonyl (C=O) groups is 1. The van der Waals surface area contributed by atoms with Crippen LogP contribution in [0.15, 0.2) is 48.9 Å². The quantitative estimate of drug-likeness (QED) is 0.729. The summed E-state index contributed by atoms with van der Waals surface area (Å²) < 4.78 is 2.05. The topological polar surface area (TPSA) is 54.3 Å². The third kappa shape index (κ3) is 2.66. The van der Waals surface area contributed by atoms with E-state index < -0.39 is 0 Å². The van der Waals surface area contributed by atoms with E-state index in [2.05, 4.69) is 28.1 Å². The first-order chi connectivity index (χ1) is 12.8. The van der Waals surface area contributed by atoms with Gasteiger partial charge in [-0.1, -0.05) is 24.3 Å². The molecule has 0 bridgehead atoms. The Labute approximate surface area is 152 Å². The highest BCUT2D eigenvalue weighted by Crippen LogP contribution is 2.26. The molecule has 0 aliphatic carbocycles. The van der Waals surface area contributed by atoms with Crippen LogP contribution in [0.2, 0.25) is 0 Å². The van der Waals surface area contributed by atoms with Gasteiger partial charge >= 0.3 is 0 Å². The SMILES string of the molecule is O=C(C1CN(Cc2ccc3ccccc3n2)Cc2cncn21)N1CCC1. The van der Waals surface area contributed by atoms with Crippen LogP contribution in [0.1, 0.15) is 23.9 Å². The monoisotopic (exact) mass is 347 g/mol. The summed E-state index contributed by atoms with van der Waals surface area (Å²) in [7, 11) is 0. The molecule has 132 valence electrons. The van der Waals surface area contributed by atoms with Gasteiger partial charge in [0.05, 0.1) is 23.2 Å². The molecule has 2 aromatic heterocycles. The summed E-state index contributed by atoms with van der Waals surface area (Å²) >= 11 is 0. The number of carbonyl (C=O) groups excluding carboxylic acids is 1. The van der Waals surface area contributed by atoms with E-state index in [9.17, 15) is 4.79 Å². The number of likely N-dealkylation sites (tertiary alicyclic amines) is 1. The average molecular weight is 347 g/mol. The first kappa shape index (κ1) is 15.5. The predicted octanol–water partition coefficient (Wildman–Crippen LogP) is 2.22. The summed E-state index contributed by atoms with van der Waals surface area (Å²) in [5.41, 5.74) is 3.14. The highest BCUT2D eigenvalue weighted by molar-refractivity contribution is 5.81. The number of hydrogen-bond donors (Lipinski definition) is 0. The van der Waals surface area contributed by atoms with E-state index in [1.54, 1.807) is 6.33 Å². The Morgan fingerprint density at radius 2 is 2.04 bits per heavy atom. The largest absolute Gasteiger partial charge is 0.341 e. The van der Waals surface area contributed by atoms with Gasteiger partial charge in [0.2, 0.25) is 5.91 Å².